The molecule has 2 nitrogen and oxygen atoms in total. The third kappa shape index (κ3) is 4.68. The van der Waals surface area contributed by atoms with Gasteiger partial charge in [-0.15, -0.1) is 0 Å². The highest BCUT2D eigenvalue weighted by Gasteiger charge is 2.27. The first-order valence-corrected chi connectivity index (χ1v) is 8.50. The third-order valence-corrected chi connectivity index (χ3v) is 5.45. The van der Waals surface area contributed by atoms with Crippen molar-refractivity contribution in [3.05, 3.63) is 96.0 Å². The summed E-state index contributed by atoms with van der Waals surface area (Å²) in [4.78, 5) is 6.35. The van der Waals surface area contributed by atoms with Gasteiger partial charge in [-0.3, -0.25) is 0 Å². The Kier molecular flexibility index (Phi) is 6.37. The van der Waals surface area contributed by atoms with Crippen LogP contribution in [0.25, 0.3) is 5.53 Å². The van der Waals surface area contributed by atoms with Crippen LogP contribution in [0.1, 0.15) is 5.56 Å². The molecule has 114 valence electrons. The molecule has 3 aromatic rings. The molecule has 23 heavy (non-hydrogen) atoms. The normalized spacial score (nSPS) is 9.65. The molecule has 3 aromatic carbocycles. The van der Waals surface area contributed by atoms with E-state index in [1.807, 2.05) is 0 Å². The van der Waals surface area contributed by atoms with Crippen molar-refractivity contribution < 1.29 is 4.79 Å². The van der Waals surface area contributed by atoms with Crippen LogP contribution in [0.4, 0.5) is 0 Å². The minimum atomic E-state index is -0.0229. The molecule has 0 aliphatic carbocycles. The van der Waals surface area contributed by atoms with Crippen LogP contribution >= 0.6 is 0 Å². The molecular weight excluding hydrogens is 300 g/mol. The Bertz CT molecular complexity index is 707. The topological polar surface area (TPSA) is 36.4 Å². The molecule has 0 aliphatic heterocycles. The fraction of sp³-hybridized carbons (Fsp3) is 0.0500. The minimum Gasteiger partial charge on any atom is -0.362 e. The molecule has 0 unspecified atom stereocenters. The second kappa shape index (κ2) is 8.74. The van der Waals surface area contributed by atoms with Gasteiger partial charge in [0, 0.05) is 0 Å². The van der Waals surface area contributed by atoms with Gasteiger partial charge in [-0.25, -0.2) is 0 Å². The zero-order valence-corrected chi connectivity index (χ0v) is 13.9. The lowest BCUT2D eigenvalue weighted by molar-refractivity contribution is 0.0110. The van der Waals surface area contributed by atoms with E-state index in [-0.39, 0.29) is 10.9 Å². The maximum atomic E-state index is 7.08. The Balaban J connectivity index is 0.000000595. The van der Waals surface area contributed by atoms with E-state index < -0.39 is 0 Å². The van der Waals surface area contributed by atoms with E-state index >= 15 is 0 Å². The van der Waals surface area contributed by atoms with E-state index in [0.29, 0.717) is 0 Å². The van der Waals surface area contributed by atoms with Gasteiger partial charge < -0.3 is 5.53 Å². The SMILES string of the molecule is C=[N+]=[N-].Cc1ccc([S+](c2ccccc2)c2ccccc2)cc1. The van der Waals surface area contributed by atoms with Crippen LogP contribution in [0.5, 0.6) is 0 Å². The quantitative estimate of drug-likeness (QED) is 0.282. The molecular formula is C20H19N2S+. The van der Waals surface area contributed by atoms with E-state index in [4.69, 9.17) is 5.53 Å². The Morgan fingerprint density at radius 3 is 1.43 bits per heavy atom. The van der Waals surface area contributed by atoms with Gasteiger partial charge in [0.05, 0.1) is 10.9 Å². The molecule has 3 heteroatoms. The highest BCUT2D eigenvalue weighted by molar-refractivity contribution is 7.97. The third-order valence-electron chi connectivity index (χ3n) is 3.21. The van der Waals surface area contributed by atoms with Gasteiger partial charge in [0.1, 0.15) is 0 Å². The molecule has 0 N–H and O–H groups in total. The molecule has 0 aromatic heterocycles. The highest BCUT2D eigenvalue weighted by Crippen LogP contribution is 2.30. The Labute approximate surface area is 140 Å². The maximum absolute atomic E-state index is 7.08. The molecule has 0 amide bonds. The zero-order chi connectivity index (χ0) is 16.5. The van der Waals surface area contributed by atoms with E-state index in [2.05, 4.69) is 103 Å². The van der Waals surface area contributed by atoms with Gasteiger partial charge in [0.25, 0.3) is 0 Å². The number of hydrogen-bond donors (Lipinski definition) is 0. The zero-order valence-electron chi connectivity index (χ0n) is 13.1. The van der Waals surface area contributed by atoms with Crippen LogP contribution < -0.4 is 0 Å². The van der Waals surface area contributed by atoms with Gasteiger partial charge in [-0.05, 0) is 43.3 Å². The fourth-order valence-corrected chi connectivity index (χ4v) is 4.28. The highest BCUT2D eigenvalue weighted by atomic mass is 32.2. The summed E-state index contributed by atoms with van der Waals surface area (Å²) in [5.74, 6) is 0. The van der Waals surface area contributed by atoms with Crippen molar-refractivity contribution in [3.63, 3.8) is 0 Å². The van der Waals surface area contributed by atoms with Crippen molar-refractivity contribution in [3.8, 4) is 0 Å². The van der Waals surface area contributed by atoms with E-state index in [1.165, 1.54) is 20.2 Å². The average molecular weight is 319 g/mol. The number of hydrogen-bond acceptors (Lipinski definition) is 0. The van der Waals surface area contributed by atoms with Crippen molar-refractivity contribution in [2.24, 2.45) is 0 Å². The average Bonchev–Trinajstić information content (AvgIpc) is 2.60. The largest absolute Gasteiger partial charge is 0.362 e. The summed E-state index contributed by atoms with van der Waals surface area (Å²) >= 11 is 0. The van der Waals surface area contributed by atoms with Crippen molar-refractivity contribution in [2.45, 2.75) is 21.6 Å². The first kappa shape index (κ1) is 16.8. The van der Waals surface area contributed by atoms with Crippen LogP contribution in [0, 0.1) is 6.92 Å². The maximum Gasteiger partial charge on any atom is 0.245 e. The van der Waals surface area contributed by atoms with Crippen LogP contribution in [-0.2, 0) is 10.9 Å². The Morgan fingerprint density at radius 1 is 0.696 bits per heavy atom. The monoisotopic (exact) mass is 319 g/mol. The molecule has 0 saturated heterocycles. The lowest BCUT2D eigenvalue weighted by Gasteiger charge is -2.07. The van der Waals surface area contributed by atoms with Crippen LogP contribution in [0.15, 0.2) is 99.6 Å². The van der Waals surface area contributed by atoms with Gasteiger partial charge in [0.2, 0.25) is 6.72 Å². The molecule has 0 fully saturated rings. The van der Waals surface area contributed by atoms with E-state index in [1.54, 1.807) is 0 Å². The number of aryl methyl sites for hydroxylation is 1. The van der Waals surface area contributed by atoms with Crippen molar-refractivity contribution in [2.75, 3.05) is 0 Å². The number of rotatable bonds is 3. The minimum absolute atomic E-state index is 0.0229. The summed E-state index contributed by atoms with van der Waals surface area (Å²) in [6.07, 6.45) is 0. The van der Waals surface area contributed by atoms with E-state index in [0.717, 1.165) is 0 Å². The van der Waals surface area contributed by atoms with Crippen molar-refractivity contribution >= 4 is 17.6 Å². The summed E-state index contributed by atoms with van der Waals surface area (Å²) in [5, 5.41) is 0. The second-order valence-electron chi connectivity index (χ2n) is 4.89. The number of benzene rings is 3. The van der Waals surface area contributed by atoms with Gasteiger partial charge in [-0.2, -0.15) is 4.79 Å². The molecule has 0 heterocycles. The van der Waals surface area contributed by atoms with Crippen molar-refractivity contribution in [1.82, 2.24) is 0 Å². The molecule has 0 bridgehead atoms. The summed E-state index contributed by atoms with van der Waals surface area (Å²) in [7, 11) is -0.0229. The predicted molar refractivity (Wildman–Crippen MR) is 97.0 cm³/mol. The first-order chi connectivity index (χ1) is 11.3. The predicted octanol–water partition coefficient (Wildman–Crippen LogP) is 5.01. The standard InChI is InChI=1S/C19H17S.CH2N2/c1-16-12-14-19(15-13-16)20(17-8-4-2-5-9-17)18-10-6-3-7-11-18;1-3-2/h2-15H,1H3;1H2/q+1;. The molecule has 0 aliphatic rings. The van der Waals surface area contributed by atoms with E-state index in [9.17, 15) is 0 Å². The molecule has 3 rings (SSSR count). The summed E-state index contributed by atoms with van der Waals surface area (Å²) in [5.41, 5.74) is 8.39. The summed E-state index contributed by atoms with van der Waals surface area (Å²) in [6.45, 7) is 4.80. The summed E-state index contributed by atoms with van der Waals surface area (Å²) in [6, 6.07) is 30.4. The fourth-order valence-electron chi connectivity index (χ4n) is 2.20. The Hall–Kier alpha value is -2.61. The van der Waals surface area contributed by atoms with Crippen molar-refractivity contribution in [1.29, 1.82) is 0 Å². The lowest BCUT2D eigenvalue weighted by Crippen LogP contribution is -2.04. The molecule has 0 spiro atoms. The second-order valence-corrected chi connectivity index (χ2v) is 6.91. The van der Waals surface area contributed by atoms with Crippen LogP contribution in [-0.4, -0.2) is 11.5 Å². The summed E-state index contributed by atoms with van der Waals surface area (Å²) < 4.78 is 0. The van der Waals surface area contributed by atoms with Gasteiger partial charge in [-0.1, -0.05) is 54.1 Å². The van der Waals surface area contributed by atoms with Crippen LogP contribution in [0.3, 0.4) is 0 Å². The molecule has 0 radical (unpaired) electrons. The van der Waals surface area contributed by atoms with Gasteiger partial charge >= 0.3 is 0 Å². The van der Waals surface area contributed by atoms with Crippen LogP contribution in [0.2, 0.25) is 0 Å². The molecule has 0 saturated carbocycles. The first-order valence-electron chi connectivity index (χ1n) is 7.27. The van der Waals surface area contributed by atoms with Gasteiger partial charge in [0.15, 0.2) is 14.7 Å². The smallest absolute Gasteiger partial charge is 0.245 e. The molecule has 0 atom stereocenters. The number of nitrogens with zero attached hydrogens (tertiary/aromatic N) is 2. The lowest BCUT2D eigenvalue weighted by atomic mass is 10.2. The Morgan fingerprint density at radius 2 is 1.04 bits per heavy atom.